The Bertz CT molecular complexity index is 1230. The van der Waals surface area contributed by atoms with Crippen LogP contribution < -0.4 is 4.90 Å². The van der Waals surface area contributed by atoms with Gasteiger partial charge in [0, 0.05) is 29.1 Å². The topological polar surface area (TPSA) is 40.6 Å². The zero-order valence-corrected chi connectivity index (χ0v) is 18.9. The first kappa shape index (κ1) is 21.5. The van der Waals surface area contributed by atoms with E-state index in [0.717, 1.165) is 42.1 Å². The smallest absolute Gasteiger partial charge is 0.265 e. The van der Waals surface area contributed by atoms with Crippen LogP contribution in [-0.2, 0) is 11.3 Å². The van der Waals surface area contributed by atoms with Crippen LogP contribution in [0.4, 0.5) is 10.1 Å². The summed E-state index contributed by atoms with van der Waals surface area (Å²) >= 11 is 1.41. The maximum Gasteiger partial charge on any atom is 0.265 e. The van der Waals surface area contributed by atoms with Crippen molar-refractivity contribution in [1.29, 1.82) is 0 Å². The van der Waals surface area contributed by atoms with Crippen LogP contribution in [0.2, 0.25) is 0 Å². The van der Waals surface area contributed by atoms with Gasteiger partial charge in [-0.3, -0.25) is 9.59 Å². The van der Waals surface area contributed by atoms with Gasteiger partial charge in [0.1, 0.15) is 5.82 Å². The molecule has 4 nitrogen and oxygen atoms in total. The molecule has 0 N–H and O–H groups in total. The summed E-state index contributed by atoms with van der Waals surface area (Å²) in [5.74, 6) is -0.441. The molecule has 0 atom stereocenters. The van der Waals surface area contributed by atoms with Gasteiger partial charge in [0.15, 0.2) is 0 Å². The van der Waals surface area contributed by atoms with Gasteiger partial charge in [0.25, 0.3) is 11.8 Å². The lowest BCUT2D eigenvalue weighted by Gasteiger charge is -2.30. The van der Waals surface area contributed by atoms with Gasteiger partial charge < -0.3 is 9.80 Å². The number of amides is 2. The molecule has 2 aliphatic rings. The van der Waals surface area contributed by atoms with Gasteiger partial charge in [-0.15, -0.1) is 0 Å². The Morgan fingerprint density at radius 3 is 2.39 bits per heavy atom. The lowest BCUT2D eigenvalue weighted by Crippen LogP contribution is -2.34. The molecule has 1 fully saturated rings. The minimum atomic E-state index is -0.329. The Labute approximate surface area is 196 Å². The second kappa shape index (κ2) is 9.24. The Hall–Kier alpha value is -3.38. The summed E-state index contributed by atoms with van der Waals surface area (Å²) in [6.45, 7) is 1.78. The number of rotatable bonds is 4. The fourth-order valence-electron chi connectivity index (χ4n) is 4.19. The van der Waals surface area contributed by atoms with Gasteiger partial charge in [-0.25, -0.2) is 4.39 Å². The van der Waals surface area contributed by atoms with E-state index in [1.54, 1.807) is 23.1 Å². The molecule has 0 saturated carbocycles. The van der Waals surface area contributed by atoms with Crippen molar-refractivity contribution in [2.75, 3.05) is 18.0 Å². The summed E-state index contributed by atoms with van der Waals surface area (Å²) in [6.07, 6.45) is 3.95. The highest BCUT2D eigenvalue weighted by Gasteiger charge is 2.29. The average molecular weight is 459 g/mol. The highest BCUT2D eigenvalue weighted by Crippen LogP contribution is 2.42. The molecule has 33 heavy (non-hydrogen) atoms. The molecule has 1 saturated heterocycles. The molecule has 0 spiro atoms. The third-order valence-electron chi connectivity index (χ3n) is 5.97. The number of thioether (sulfide) groups is 1. The average Bonchev–Trinajstić information content (AvgIpc) is 3.38. The molecule has 166 valence electrons. The second-order valence-electron chi connectivity index (χ2n) is 8.18. The van der Waals surface area contributed by atoms with Gasteiger partial charge in [-0.1, -0.05) is 54.2 Å². The molecule has 0 bridgehead atoms. The molecule has 3 aromatic carbocycles. The molecule has 2 amide bonds. The third kappa shape index (κ3) is 4.44. The number of fused-ring (bicyclic) bond motifs is 1. The van der Waals surface area contributed by atoms with Crippen LogP contribution in [0.15, 0.2) is 82.6 Å². The first-order valence-electron chi connectivity index (χ1n) is 11.0. The molecule has 0 unspecified atom stereocenters. The van der Waals surface area contributed by atoms with Crippen LogP contribution in [0.5, 0.6) is 0 Å². The number of carbonyl (C=O) groups is 2. The number of benzene rings is 3. The molecule has 6 heteroatoms. The van der Waals surface area contributed by atoms with Crippen molar-refractivity contribution in [1.82, 2.24) is 4.90 Å². The van der Waals surface area contributed by atoms with Crippen molar-refractivity contribution < 1.29 is 14.0 Å². The maximum atomic E-state index is 14.3. The first-order valence-corrected chi connectivity index (χ1v) is 11.8. The van der Waals surface area contributed by atoms with Crippen molar-refractivity contribution >= 4 is 35.3 Å². The fourth-order valence-corrected chi connectivity index (χ4v) is 5.25. The van der Waals surface area contributed by atoms with E-state index in [0.29, 0.717) is 16.0 Å². The summed E-state index contributed by atoms with van der Waals surface area (Å²) in [6, 6.07) is 21.6. The van der Waals surface area contributed by atoms with Crippen molar-refractivity contribution in [3.8, 4) is 0 Å². The molecule has 2 heterocycles. The molecular weight excluding hydrogens is 435 g/mol. The number of halogens is 1. The third-order valence-corrected chi connectivity index (χ3v) is 7.04. The highest BCUT2D eigenvalue weighted by molar-refractivity contribution is 8.04. The number of anilines is 1. The van der Waals surface area contributed by atoms with Gasteiger partial charge in [-0.05, 0) is 54.8 Å². The lowest BCUT2D eigenvalue weighted by atomic mass is 10.1. The Morgan fingerprint density at radius 1 is 0.939 bits per heavy atom. The summed E-state index contributed by atoms with van der Waals surface area (Å²) in [5.41, 5.74) is 2.75. The van der Waals surface area contributed by atoms with Gasteiger partial charge in [0.2, 0.25) is 0 Å². The molecule has 5 rings (SSSR count). The normalized spacial score (nSPS) is 16.9. The fraction of sp³-hybridized carbons (Fsp3) is 0.185. The summed E-state index contributed by atoms with van der Waals surface area (Å²) in [5, 5.41) is 0. The SMILES string of the molecule is O=C(c1ccc(C=C2Sc3ccccc3N(Cc3ccccc3F)C2=O)cc1)N1CCCC1. The molecule has 2 aliphatic heterocycles. The molecule has 0 radical (unpaired) electrons. The summed E-state index contributed by atoms with van der Waals surface area (Å²) < 4.78 is 14.3. The van der Waals surface area contributed by atoms with E-state index in [1.165, 1.54) is 17.8 Å². The maximum absolute atomic E-state index is 14.3. The van der Waals surface area contributed by atoms with E-state index in [-0.39, 0.29) is 24.2 Å². The Kier molecular flexibility index (Phi) is 6.01. The number of likely N-dealkylation sites (tertiary alicyclic amines) is 1. The predicted octanol–water partition coefficient (Wildman–Crippen LogP) is 5.74. The van der Waals surface area contributed by atoms with Crippen molar-refractivity contribution in [2.24, 2.45) is 0 Å². The van der Waals surface area contributed by atoms with E-state index >= 15 is 0 Å². The standard InChI is InChI=1S/C27H23FN2O2S/c28-22-8-2-1-7-21(22)18-30-23-9-3-4-10-24(23)33-25(27(30)32)17-19-11-13-20(14-12-19)26(31)29-15-5-6-16-29/h1-4,7-14,17H,5-6,15-16,18H2. The largest absolute Gasteiger partial charge is 0.339 e. The number of hydrogen-bond donors (Lipinski definition) is 0. The Morgan fingerprint density at radius 2 is 1.64 bits per heavy atom. The number of para-hydroxylation sites is 1. The monoisotopic (exact) mass is 458 g/mol. The van der Waals surface area contributed by atoms with Gasteiger partial charge >= 0.3 is 0 Å². The van der Waals surface area contributed by atoms with Crippen LogP contribution in [-0.4, -0.2) is 29.8 Å². The quantitative estimate of drug-likeness (QED) is 0.468. The van der Waals surface area contributed by atoms with Crippen LogP contribution in [0.1, 0.15) is 34.3 Å². The van der Waals surface area contributed by atoms with Crippen molar-refractivity contribution in [2.45, 2.75) is 24.3 Å². The minimum absolute atomic E-state index is 0.0554. The zero-order chi connectivity index (χ0) is 22.8. The van der Waals surface area contributed by atoms with E-state index in [4.69, 9.17) is 0 Å². The summed E-state index contributed by atoms with van der Waals surface area (Å²) in [4.78, 5) is 31.0. The van der Waals surface area contributed by atoms with Crippen LogP contribution in [0.25, 0.3) is 6.08 Å². The number of hydrogen-bond acceptors (Lipinski definition) is 3. The van der Waals surface area contributed by atoms with E-state index in [9.17, 15) is 14.0 Å². The lowest BCUT2D eigenvalue weighted by molar-refractivity contribution is -0.114. The minimum Gasteiger partial charge on any atom is -0.339 e. The number of nitrogens with zero attached hydrogens (tertiary/aromatic N) is 2. The molecule has 0 aliphatic carbocycles. The van der Waals surface area contributed by atoms with Crippen LogP contribution in [0.3, 0.4) is 0 Å². The first-order chi connectivity index (χ1) is 16.1. The van der Waals surface area contributed by atoms with E-state index in [1.807, 2.05) is 59.5 Å². The molecule has 3 aromatic rings. The van der Waals surface area contributed by atoms with E-state index < -0.39 is 0 Å². The van der Waals surface area contributed by atoms with E-state index in [2.05, 4.69) is 0 Å². The summed E-state index contributed by atoms with van der Waals surface area (Å²) in [7, 11) is 0. The zero-order valence-electron chi connectivity index (χ0n) is 18.0. The van der Waals surface area contributed by atoms with Crippen molar-refractivity contribution in [3.05, 3.63) is 100 Å². The highest BCUT2D eigenvalue weighted by atomic mass is 32.2. The van der Waals surface area contributed by atoms with Crippen molar-refractivity contribution in [3.63, 3.8) is 0 Å². The Balaban J connectivity index is 1.43. The molecular formula is C27H23FN2O2S. The number of carbonyl (C=O) groups excluding carboxylic acids is 2. The second-order valence-corrected chi connectivity index (χ2v) is 9.27. The molecule has 0 aromatic heterocycles. The van der Waals surface area contributed by atoms with Gasteiger partial charge in [0.05, 0.1) is 17.1 Å². The van der Waals surface area contributed by atoms with Crippen LogP contribution >= 0.6 is 11.8 Å². The predicted molar refractivity (Wildman–Crippen MR) is 129 cm³/mol. The van der Waals surface area contributed by atoms with Crippen LogP contribution in [0, 0.1) is 5.82 Å². The van der Waals surface area contributed by atoms with Gasteiger partial charge in [-0.2, -0.15) is 0 Å².